The van der Waals surface area contributed by atoms with Gasteiger partial charge in [0.15, 0.2) is 0 Å². The Bertz CT molecular complexity index is 456. The number of nitrogens with zero attached hydrogens (tertiary/aromatic N) is 2. The summed E-state index contributed by atoms with van der Waals surface area (Å²) in [5, 5.41) is 11.2. The zero-order valence-electron chi connectivity index (χ0n) is 11.5. The van der Waals surface area contributed by atoms with Crippen LogP contribution in [0.25, 0.3) is 0 Å². The van der Waals surface area contributed by atoms with Crippen LogP contribution in [0, 0.1) is 10.1 Å². The first-order valence-corrected chi connectivity index (χ1v) is 6.68. The number of benzene rings is 1. The molecule has 0 aliphatic heterocycles. The molecule has 1 aromatic rings. The van der Waals surface area contributed by atoms with E-state index in [1.54, 1.807) is 12.1 Å². The highest BCUT2D eigenvalue weighted by Crippen LogP contribution is 2.35. The van der Waals surface area contributed by atoms with Crippen LogP contribution in [0.3, 0.4) is 0 Å². The molecule has 5 nitrogen and oxygen atoms in total. The molecule has 5 heteroatoms. The number of ether oxygens (including phenoxy) is 1. The first-order chi connectivity index (χ1) is 9.13. The minimum atomic E-state index is -0.336. The lowest BCUT2D eigenvalue weighted by atomic mass is 9.94. The van der Waals surface area contributed by atoms with E-state index in [-0.39, 0.29) is 10.6 Å². The van der Waals surface area contributed by atoms with E-state index in [9.17, 15) is 10.1 Å². The molecule has 2 rings (SSSR count). The number of nitro groups is 1. The standard InChI is InChI=1S/C14H20N2O3/c1-15(11-6-4-3-5-7-11)13-9-8-12(19-2)10-14(13)16(17)18/h8-11H,3-7H2,1-2H3. The molecular formula is C14H20N2O3. The summed E-state index contributed by atoms with van der Waals surface area (Å²) >= 11 is 0. The van der Waals surface area contributed by atoms with Crippen molar-refractivity contribution in [3.05, 3.63) is 28.3 Å². The lowest BCUT2D eigenvalue weighted by molar-refractivity contribution is -0.384. The number of methoxy groups -OCH3 is 1. The third-order valence-electron chi connectivity index (χ3n) is 3.88. The second-order valence-corrected chi connectivity index (χ2v) is 5.01. The molecular weight excluding hydrogens is 244 g/mol. The molecule has 1 saturated carbocycles. The van der Waals surface area contributed by atoms with Gasteiger partial charge in [-0.05, 0) is 25.0 Å². The Kier molecular flexibility index (Phi) is 4.24. The minimum Gasteiger partial charge on any atom is -0.496 e. The Morgan fingerprint density at radius 1 is 1.32 bits per heavy atom. The van der Waals surface area contributed by atoms with Gasteiger partial charge in [0.25, 0.3) is 5.69 Å². The maximum Gasteiger partial charge on any atom is 0.296 e. The maximum absolute atomic E-state index is 11.2. The predicted molar refractivity (Wildman–Crippen MR) is 74.9 cm³/mol. The van der Waals surface area contributed by atoms with Gasteiger partial charge in [-0.25, -0.2) is 0 Å². The molecule has 0 unspecified atom stereocenters. The van der Waals surface area contributed by atoms with E-state index in [0.717, 1.165) is 12.8 Å². The molecule has 0 saturated heterocycles. The highest BCUT2D eigenvalue weighted by Gasteiger charge is 2.24. The molecule has 1 aromatic carbocycles. The molecule has 0 bridgehead atoms. The smallest absolute Gasteiger partial charge is 0.296 e. The summed E-state index contributed by atoms with van der Waals surface area (Å²) in [6.07, 6.45) is 5.91. The van der Waals surface area contributed by atoms with Crippen molar-refractivity contribution in [2.75, 3.05) is 19.1 Å². The van der Waals surface area contributed by atoms with Crippen molar-refractivity contribution < 1.29 is 9.66 Å². The van der Waals surface area contributed by atoms with Crippen LogP contribution in [0.15, 0.2) is 18.2 Å². The summed E-state index contributed by atoms with van der Waals surface area (Å²) in [7, 11) is 3.47. The van der Waals surface area contributed by atoms with Gasteiger partial charge in [-0.3, -0.25) is 10.1 Å². The number of hydrogen-bond donors (Lipinski definition) is 0. The fourth-order valence-corrected chi connectivity index (χ4v) is 2.74. The van der Waals surface area contributed by atoms with Crippen molar-refractivity contribution in [1.82, 2.24) is 0 Å². The second kappa shape index (κ2) is 5.91. The minimum absolute atomic E-state index is 0.118. The van der Waals surface area contributed by atoms with E-state index in [1.165, 1.54) is 32.4 Å². The van der Waals surface area contributed by atoms with Gasteiger partial charge >= 0.3 is 0 Å². The van der Waals surface area contributed by atoms with Gasteiger partial charge < -0.3 is 9.64 Å². The Labute approximate surface area is 113 Å². The summed E-state index contributed by atoms with van der Waals surface area (Å²) in [5.41, 5.74) is 0.796. The number of nitro benzene ring substituents is 1. The van der Waals surface area contributed by atoms with Crippen LogP contribution in [-0.4, -0.2) is 25.1 Å². The Balaban J connectivity index is 2.29. The van der Waals surface area contributed by atoms with Gasteiger partial charge in [0.1, 0.15) is 11.4 Å². The van der Waals surface area contributed by atoms with E-state index in [2.05, 4.69) is 4.90 Å². The molecule has 0 heterocycles. The van der Waals surface area contributed by atoms with Gasteiger partial charge in [-0.2, -0.15) is 0 Å². The summed E-state index contributed by atoms with van der Waals surface area (Å²) in [6, 6.07) is 5.46. The van der Waals surface area contributed by atoms with Crippen LogP contribution in [0.5, 0.6) is 5.75 Å². The Morgan fingerprint density at radius 2 is 2.00 bits per heavy atom. The third kappa shape index (κ3) is 2.97. The lowest BCUT2D eigenvalue weighted by Gasteiger charge is -2.32. The highest BCUT2D eigenvalue weighted by atomic mass is 16.6. The Hall–Kier alpha value is -1.78. The first kappa shape index (κ1) is 13.6. The van der Waals surface area contributed by atoms with Crippen molar-refractivity contribution in [1.29, 1.82) is 0 Å². The van der Waals surface area contributed by atoms with Crippen molar-refractivity contribution in [2.24, 2.45) is 0 Å². The zero-order chi connectivity index (χ0) is 13.8. The highest BCUT2D eigenvalue weighted by molar-refractivity contribution is 5.65. The monoisotopic (exact) mass is 264 g/mol. The first-order valence-electron chi connectivity index (χ1n) is 6.68. The molecule has 0 amide bonds. The van der Waals surface area contributed by atoms with E-state index < -0.39 is 0 Å². The van der Waals surface area contributed by atoms with E-state index in [1.807, 2.05) is 7.05 Å². The van der Waals surface area contributed by atoms with E-state index >= 15 is 0 Å². The van der Waals surface area contributed by atoms with Gasteiger partial charge in [-0.15, -0.1) is 0 Å². The van der Waals surface area contributed by atoms with Crippen LogP contribution >= 0.6 is 0 Å². The maximum atomic E-state index is 11.2. The van der Waals surface area contributed by atoms with E-state index in [4.69, 9.17) is 4.74 Å². The van der Waals surface area contributed by atoms with Crippen molar-refractivity contribution in [2.45, 2.75) is 38.1 Å². The molecule has 0 radical (unpaired) electrons. The molecule has 1 fully saturated rings. The number of anilines is 1. The molecule has 104 valence electrons. The third-order valence-corrected chi connectivity index (χ3v) is 3.88. The SMILES string of the molecule is COc1ccc(N(C)C2CCCCC2)c([N+](=O)[O-])c1. The summed E-state index contributed by atoms with van der Waals surface area (Å²) in [5.74, 6) is 0.521. The van der Waals surface area contributed by atoms with Gasteiger partial charge in [-0.1, -0.05) is 19.3 Å². The molecule has 0 aromatic heterocycles. The topological polar surface area (TPSA) is 55.6 Å². The fraction of sp³-hybridized carbons (Fsp3) is 0.571. The lowest BCUT2D eigenvalue weighted by Crippen LogP contribution is -2.33. The fourth-order valence-electron chi connectivity index (χ4n) is 2.74. The zero-order valence-corrected chi connectivity index (χ0v) is 11.5. The van der Waals surface area contributed by atoms with Gasteiger partial charge in [0, 0.05) is 13.1 Å². The molecule has 0 atom stereocenters. The molecule has 1 aliphatic rings. The van der Waals surface area contributed by atoms with Crippen LogP contribution < -0.4 is 9.64 Å². The molecule has 1 aliphatic carbocycles. The molecule has 19 heavy (non-hydrogen) atoms. The van der Waals surface area contributed by atoms with Crippen molar-refractivity contribution in [3.8, 4) is 5.75 Å². The second-order valence-electron chi connectivity index (χ2n) is 5.01. The summed E-state index contributed by atoms with van der Waals surface area (Å²) in [6.45, 7) is 0. The van der Waals surface area contributed by atoms with Crippen LogP contribution in [0.1, 0.15) is 32.1 Å². The van der Waals surface area contributed by atoms with Crippen molar-refractivity contribution >= 4 is 11.4 Å². The van der Waals surface area contributed by atoms with Crippen molar-refractivity contribution in [3.63, 3.8) is 0 Å². The van der Waals surface area contributed by atoms with Crippen LogP contribution in [0.2, 0.25) is 0 Å². The number of rotatable bonds is 4. The molecule has 0 N–H and O–H groups in total. The van der Waals surface area contributed by atoms with Gasteiger partial charge in [0.05, 0.1) is 18.1 Å². The molecule has 0 spiro atoms. The average molecular weight is 264 g/mol. The number of hydrogen-bond acceptors (Lipinski definition) is 4. The summed E-state index contributed by atoms with van der Waals surface area (Å²) in [4.78, 5) is 12.9. The normalized spacial score (nSPS) is 16.1. The van der Waals surface area contributed by atoms with Crippen LogP contribution in [0.4, 0.5) is 11.4 Å². The van der Waals surface area contributed by atoms with Gasteiger partial charge in [0.2, 0.25) is 0 Å². The Morgan fingerprint density at radius 3 is 2.58 bits per heavy atom. The predicted octanol–water partition coefficient (Wildman–Crippen LogP) is 3.37. The average Bonchev–Trinajstić information content (AvgIpc) is 2.46. The largest absolute Gasteiger partial charge is 0.496 e. The quantitative estimate of drug-likeness (QED) is 0.618. The van der Waals surface area contributed by atoms with E-state index in [0.29, 0.717) is 17.5 Å². The summed E-state index contributed by atoms with van der Waals surface area (Å²) < 4.78 is 5.06. The van der Waals surface area contributed by atoms with Crippen LogP contribution in [-0.2, 0) is 0 Å².